The molecule has 0 N–H and O–H groups in total. The van der Waals surface area contributed by atoms with Crippen molar-refractivity contribution in [2.45, 2.75) is 57.5 Å². The minimum Gasteiger partial charge on any atom is -0.453 e. The zero-order chi connectivity index (χ0) is 20.5. The maximum atomic E-state index is 12.2. The molecule has 1 fully saturated rings. The van der Waals surface area contributed by atoms with E-state index >= 15 is 0 Å². The summed E-state index contributed by atoms with van der Waals surface area (Å²) in [5, 5.41) is 0. The third-order valence-electron chi connectivity index (χ3n) is 6.74. The highest BCUT2D eigenvalue weighted by atomic mass is 16.5. The Morgan fingerprint density at radius 2 is 1.90 bits per heavy atom. The Balaban J connectivity index is 1.62. The molecule has 0 unspecified atom stereocenters. The summed E-state index contributed by atoms with van der Waals surface area (Å²) >= 11 is 0. The number of hydrogen-bond donors (Lipinski definition) is 0. The van der Waals surface area contributed by atoms with Crippen LogP contribution in [0, 0.1) is 0 Å². The summed E-state index contributed by atoms with van der Waals surface area (Å²) in [4.78, 5) is 19.2. The average molecular weight is 404 g/mol. The minimum absolute atomic E-state index is 0.256. The van der Waals surface area contributed by atoms with E-state index in [9.17, 15) is 4.79 Å². The fourth-order valence-corrected chi connectivity index (χ4v) is 5.13. The molecule has 2 aromatic carbocycles. The average Bonchev–Trinajstić information content (AvgIpc) is 3.18. The minimum atomic E-state index is -0.256. The lowest BCUT2D eigenvalue weighted by Crippen LogP contribution is -2.35. The second-order valence-electron chi connectivity index (χ2n) is 8.59. The molecule has 0 spiro atoms. The first kappa shape index (κ1) is 19.2. The zero-order valence-electron chi connectivity index (χ0n) is 17.6. The fraction of sp³-hybridized carbons (Fsp3) is 0.440. The molecule has 1 aromatic heterocycles. The topological polar surface area (TPSA) is 47.4 Å². The van der Waals surface area contributed by atoms with Gasteiger partial charge in [-0.15, -0.1) is 0 Å². The van der Waals surface area contributed by atoms with Crippen molar-refractivity contribution in [2.24, 2.45) is 0 Å². The smallest absolute Gasteiger partial charge is 0.409 e. The molecule has 2 aliphatic rings. The number of carbonyl (C=O) groups is 1. The SMILES string of the molecule is COC(=O)N1CCc2ccc3c(nc(C4CCCCC4)n3Cc3ccccc3)c2C1. The van der Waals surface area contributed by atoms with Crippen LogP contribution in [0.15, 0.2) is 42.5 Å². The van der Waals surface area contributed by atoms with Crippen LogP contribution in [0.2, 0.25) is 0 Å². The Kier molecular flexibility index (Phi) is 5.19. The van der Waals surface area contributed by atoms with Crippen LogP contribution >= 0.6 is 0 Å². The van der Waals surface area contributed by atoms with Crippen LogP contribution in [-0.2, 0) is 24.2 Å². The van der Waals surface area contributed by atoms with Crippen molar-refractivity contribution in [3.8, 4) is 0 Å². The van der Waals surface area contributed by atoms with E-state index in [1.165, 1.54) is 67.2 Å². The molecule has 156 valence electrons. The number of nitrogens with zero attached hydrogens (tertiary/aromatic N) is 3. The molecule has 5 rings (SSSR count). The van der Waals surface area contributed by atoms with Crippen LogP contribution < -0.4 is 0 Å². The number of methoxy groups -OCH3 is 1. The Labute approximate surface area is 177 Å². The van der Waals surface area contributed by atoms with Gasteiger partial charge >= 0.3 is 6.09 Å². The van der Waals surface area contributed by atoms with E-state index in [1.54, 1.807) is 4.90 Å². The van der Waals surface area contributed by atoms with Gasteiger partial charge in [0.1, 0.15) is 5.82 Å². The Morgan fingerprint density at radius 3 is 2.67 bits per heavy atom. The van der Waals surface area contributed by atoms with Crippen molar-refractivity contribution >= 4 is 17.1 Å². The summed E-state index contributed by atoms with van der Waals surface area (Å²) in [5.41, 5.74) is 6.04. The predicted octanol–water partition coefficient (Wildman–Crippen LogP) is 5.26. The molecule has 1 amide bonds. The van der Waals surface area contributed by atoms with Crippen molar-refractivity contribution in [2.75, 3.05) is 13.7 Å². The first-order valence-corrected chi connectivity index (χ1v) is 11.1. The van der Waals surface area contributed by atoms with Gasteiger partial charge < -0.3 is 14.2 Å². The van der Waals surface area contributed by atoms with Crippen molar-refractivity contribution < 1.29 is 9.53 Å². The molecule has 5 nitrogen and oxygen atoms in total. The van der Waals surface area contributed by atoms with Gasteiger partial charge in [-0.25, -0.2) is 9.78 Å². The van der Waals surface area contributed by atoms with Crippen molar-refractivity contribution in [1.29, 1.82) is 0 Å². The number of carbonyl (C=O) groups excluding carboxylic acids is 1. The zero-order valence-corrected chi connectivity index (χ0v) is 17.6. The first-order chi connectivity index (χ1) is 14.7. The lowest BCUT2D eigenvalue weighted by atomic mass is 9.88. The second-order valence-corrected chi connectivity index (χ2v) is 8.59. The van der Waals surface area contributed by atoms with Crippen LogP contribution in [0.4, 0.5) is 4.79 Å². The monoisotopic (exact) mass is 403 g/mol. The summed E-state index contributed by atoms with van der Waals surface area (Å²) < 4.78 is 7.41. The Bertz CT molecular complexity index is 1050. The molecule has 2 heterocycles. The van der Waals surface area contributed by atoms with Gasteiger partial charge in [0.15, 0.2) is 0 Å². The third kappa shape index (κ3) is 3.47. The van der Waals surface area contributed by atoms with Gasteiger partial charge in [-0.05, 0) is 36.5 Å². The molecule has 0 saturated heterocycles. The molecule has 1 saturated carbocycles. The van der Waals surface area contributed by atoms with Crippen LogP contribution in [0.25, 0.3) is 11.0 Å². The summed E-state index contributed by atoms with van der Waals surface area (Å²) in [6.45, 7) is 2.11. The molecule has 0 radical (unpaired) electrons. The van der Waals surface area contributed by atoms with Crippen LogP contribution in [0.1, 0.15) is 60.5 Å². The lowest BCUT2D eigenvalue weighted by Gasteiger charge is -2.27. The molecular formula is C25H29N3O2. The standard InChI is InChI=1S/C25H29N3O2/c1-30-25(29)27-15-14-19-12-13-22-23(21(19)17-27)26-24(20-10-6-3-7-11-20)28(22)16-18-8-4-2-5-9-18/h2,4-5,8-9,12-13,20H,3,6-7,10-11,14-17H2,1H3. The molecule has 1 aliphatic heterocycles. The third-order valence-corrected chi connectivity index (χ3v) is 6.74. The van der Waals surface area contributed by atoms with E-state index < -0.39 is 0 Å². The van der Waals surface area contributed by atoms with Gasteiger partial charge in [-0.1, -0.05) is 55.7 Å². The molecule has 30 heavy (non-hydrogen) atoms. The van der Waals surface area contributed by atoms with Gasteiger partial charge in [0.2, 0.25) is 0 Å². The van der Waals surface area contributed by atoms with Gasteiger partial charge in [0.05, 0.1) is 24.7 Å². The van der Waals surface area contributed by atoms with E-state index in [1.807, 2.05) is 0 Å². The molecule has 5 heteroatoms. The normalized spacial score (nSPS) is 17.2. The van der Waals surface area contributed by atoms with Crippen LogP contribution in [0.5, 0.6) is 0 Å². The van der Waals surface area contributed by atoms with Crippen LogP contribution in [0.3, 0.4) is 0 Å². The van der Waals surface area contributed by atoms with Gasteiger partial charge in [0.25, 0.3) is 0 Å². The molecule has 1 aliphatic carbocycles. The first-order valence-electron chi connectivity index (χ1n) is 11.1. The Morgan fingerprint density at radius 1 is 1.10 bits per heavy atom. The predicted molar refractivity (Wildman–Crippen MR) is 118 cm³/mol. The summed E-state index contributed by atoms with van der Waals surface area (Å²) in [6.07, 6.45) is 6.93. The summed E-state index contributed by atoms with van der Waals surface area (Å²) in [6, 6.07) is 15.1. The highest BCUT2D eigenvalue weighted by Gasteiger charge is 2.28. The number of amides is 1. The quantitative estimate of drug-likeness (QED) is 0.599. The molecule has 0 atom stereocenters. The molecular weight excluding hydrogens is 374 g/mol. The molecule has 0 bridgehead atoms. The lowest BCUT2D eigenvalue weighted by molar-refractivity contribution is 0.119. The maximum absolute atomic E-state index is 12.2. The van der Waals surface area contributed by atoms with Gasteiger partial charge in [-0.3, -0.25) is 0 Å². The number of benzene rings is 2. The van der Waals surface area contributed by atoms with E-state index in [-0.39, 0.29) is 6.09 Å². The van der Waals surface area contributed by atoms with E-state index in [0.29, 0.717) is 19.0 Å². The number of ether oxygens (including phenoxy) is 1. The maximum Gasteiger partial charge on any atom is 0.409 e. The van der Waals surface area contributed by atoms with Crippen LogP contribution in [-0.4, -0.2) is 34.2 Å². The number of rotatable bonds is 3. The van der Waals surface area contributed by atoms with E-state index in [4.69, 9.17) is 9.72 Å². The van der Waals surface area contributed by atoms with Gasteiger partial charge in [-0.2, -0.15) is 0 Å². The summed E-state index contributed by atoms with van der Waals surface area (Å²) in [5.74, 6) is 1.74. The summed E-state index contributed by atoms with van der Waals surface area (Å²) in [7, 11) is 1.45. The highest BCUT2D eigenvalue weighted by molar-refractivity contribution is 5.82. The molecule has 3 aromatic rings. The fourth-order valence-electron chi connectivity index (χ4n) is 5.13. The number of aromatic nitrogens is 2. The van der Waals surface area contributed by atoms with Crippen molar-refractivity contribution in [1.82, 2.24) is 14.5 Å². The van der Waals surface area contributed by atoms with Crippen molar-refractivity contribution in [3.63, 3.8) is 0 Å². The number of hydrogen-bond acceptors (Lipinski definition) is 3. The van der Waals surface area contributed by atoms with E-state index in [2.05, 4.69) is 47.0 Å². The van der Waals surface area contributed by atoms with Crippen molar-refractivity contribution in [3.05, 3.63) is 65.0 Å². The number of fused-ring (bicyclic) bond motifs is 3. The van der Waals surface area contributed by atoms with Gasteiger partial charge in [0, 0.05) is 24.6 Å². The highest BCUT2D eigenvalue weighted by Crippen LogP contribution is 2.36. The largest absolute Gasteiger partial charge is 0.453 e. The van der Waals surface area contributed by atoms with E-state index in [0.717, 1.165) is 18.5 Å². The second kappa shape index (κ2) is 8.13. The Hall–Kier alpha value is -2.82. The number of imidazole rings is 1.